The lowest BCUT2D eigenvalue weighted by Crippen LogP contribution is -2.27. The van der Waals surface area contributed by atoms with Gasteiger partial charge in [0.15, 0.2) is 0 Å². The SMILES string of the molecule is CC(NC(=O)c1cc(NC(C)c2ccccc2)ccn1)c1ccccc1. The molecule has 0 aliphatic carbocycles. The fourth-order valence-corrected chi connectivity index (χ4v) is 2.82. The molecule has 2 atom stereocenters. The summed E-state index contributed by atoms with van der Waals surface area (Å²) < 4.78 is 0. The van der Waals surface area contributed by atoms with Crippen molar-refractivity contribution in [1.82, 2.24) is 10.3 Å². The summed E-state index contributed by atoms with van der Waals surface area (Å²) in [5.74, 6) is -0.183. The van der Waals surface area contributed by atoms with Gasteiger partial charge in [0.25, 0.3) is 5.91 Å². The molecule has 4 nitrogen and oxygen atoms in total. The van der Waals surface area contributed by atoms with Crippen molar-refractivity contribution in [1.29, 1.82) is 0 Å². The molecule has 0 saturated heterocycles. The van der Waals surface area contributed by atoms with E-state index in [9.17, 15) is 4.79 Å². The van der Waals surface area contributed by atoms with Crippen LogP contribution in [0, 0.1) is 0 Å². The van der Waals surface area contributed by atoms with Crippen LogP contribution < -0.4 is 10.6 Å². The van der Waals surface area contributed by atoms with Gasteiger partial charge in [-0.3, -0.25) is 9.78 Å². The molecule has 2 aromatic carbocycles. The first-order valence-corrected chi connectivity index (χ1v) is 8.77. The number of nitrogens with one attached hydrogen (secondary N) is 2. The van der Waals surface area contributed by atoms with E-state index in [4.69, 9.17) is 0 Å². The minimum Gasteiger partial charge on any atom is -0.378 e. The minimum atomic E-state index is -0.183. The summed E-state index contributed by atoms with van der Waals surface area (Å²) in [6.07, 6.45) is 1.65. The van der Waals surface area contributed by atoms with E-state index < -0.39 is 0 Å². The van der Waals surface area contributed by atoms with E-state index in [0.717, 1.165) is 11.3 Å². The molecule has 0 saturated carbocycles. The van der Waals surface area contributed by atoms with E-state index in [1.165, 1.54) is 5.56 Å². The number of nitrogens with zero attached hydrogens (tertiary/aromatic N) is 1. The molecule has 0 aliphatic rings. The van der Waals surface area contributed by atoms with Gasteiger partial charge in [0.2, 0.25) is 0 Å². The number of rotatable bonds is 6. The normalized spacial score (nSPS) is 12.8. The van der Waals surface area contributed by atoms with Crippen molar-refractivity contribution in [3.8, 4) is 0 Å². The highest BCUT2D eigenvalue weighted by Gasteiger charge is 2.13. The molecule has 0 fully saturated rings. The number of aromatic nitrogens is 1. The number of hydrogen-bond acceptors (Lipinski definition) is 3. The molecular weight excluding hydrogens is 322 g/mol. The highest BCUT2D eigenvalue weighted by Crippen LogP contribution is 2.19. The van der Waals surface area contributed by atoms with Crippen molar-refractivity contribution in [2.45, 2.75) is 25.9 Å². The highest BCUT2D eigenvalue weighted by molar-refractivity contribution is 5.93. The number of anilines is 1. The predicted molar refractivity (Wildman–Crippen MR) is 105 cm³/mol. The minimum absolute atomic E-state index is 0.0784. The zero-order valence-electron chi connectivity index (χ0n) is 15.0. The third-order valence-corrected chi connectivity index (χ3v) is 4.32. The number of amides is 1. The lowest BCUT2D eigenvalue weighted by atomic mass is 10.1. The van der Waals surface area contributed by atoms with Crippen LogP contribution in [-0.2, 0) is 0 Å². The predicted octanol–water partition coefficient (Wildman–Crippen LogP) is 4.75. The van der Waals surface area contributed by atoms with Gasteiger partial charge in [0.1, 0.15) is 5.69 Å². The Kier molecular flexibility index (Phi) is 5.64. The van der Waals surface area contributed by atoms with Crippen molar-refractivity contribution < 1.29 is 4.79 Å². The van der Waals surface area contributed by atoms with Gasteiger partial charge in [-0.25, -0.2) is 0 Å². The average Bonchev–Trinajstić information content (AvgIpc) is 2.69. The molecule has 1 heterocycles. The van der Waals surface area contributed by atoms with Crippen LogP contribution in [0.3, 0.4) is 0 Å². The fraction of sp³-hybridized carbons (Fsp3) is 0.182. The van der Waals surface area contributed by atoms with Crippen LogP contribution in [0.15, 0.2) is 79.0 Å². The van der Waals surface area contributed by atoms with Crippen LogP contribution in [0.4, 0.5) is 5.69 Å². The Balaban J connectivity index is 1.67. The maximum Gasteiger partial charge on any atom is 0.270 e. The van der Waals surface area contributed by atoms with Crippen LogP contribution in [0.1, 0.15) is 47.5 Å². The topological polar surface area (TPSA) is 54.0 Å². The summed E-state index contributed by atoms with van der Waals surface area (Å²) in [4.78, 5) is 16.7. The lowest BCUT2D eigenvalue weighted by Gasteiger charge is -2.17. The fourth-order valence-electron chi connectivity index (χ4n) is 2.82. The third kappa shape index (κ3) is 4.48. The molecule has 3 rings (SSSR count). The standard InChI is InChI=1S/C22H23N3O/c1-16(18-9-5-3-6-10-18)24-20-13-14-23-21(15-20)22(26)25-17(2)19-11-7-4-8-12-19/h3-17H,1-2H3,(H,23,24)(H,25,26). The molecule has 0 spiro atoms. The van der Waals surface area contributed by atoms with E-state index in [0.29, 0.717) is 5.69 Å². The molecule has 0 bridgehead atoms. The van der Waals surface area contributed by atoms with E-state index in [1.807, 2.05) is 61.5 Å². The third-order valence-electron chi connectivity index (χ3n) is 4.32. The largest absolute Gasteiger partial charge is 0.378 e. The summed E-state index contributed by atoms with van der Waals surface area (Å²) in [5, 5.41) is 6.41. The molecular formula is C22H23N3O. The molecule has 2 N–H and O–H groups in total. The first-order chi connectivity index (χ1) is 12.6. The second kappa shape index (κ2) is 8.30. The molecule has 4 heteroatoms. The van der Waals surface area contributed by atoms with Crippen molar-refractivity contribution in [2.75, 3.05) is 5.32 Å². The van der Waals surface area contributed by atoms with Crippen LogP contribution in [0.5, 0.6) is 0 Å². The molecule has 3 aromatic rings. The van der Waals surface area contributed by atoms with E-state index in [2.05, 4.69) is 34.7 Å². The molecule has 1 amide bonds. The summed E-state index contributed by atoms with van der Waals surface area (Å²) in [5.41, 5.74) is 3.52. The number of pyridine rings is 1. The van der Waals surface area contributed by atoms with Crippen LogP contribution in [0.2, 0.25) is 0 Å². The summed E-state index contributed by atoms with van der Waals surface area (Å²) >= 11 is 0. The summed E-state index contributed by atoms with van der Waals surface area (Å²) in [6.45, 7) is 4.06. The quantitative estimate of drug-likeness (QED) is 0.678. The first kappa shape index (κ1) is 17.7. The van der Waals surface area contributed by atoms with E-state index in [-0.39, 0.29) is 18.0 Å². The van der Waals surface area contributed by atoms with Crippen LogP contribution in [-0.4, -0.2) is 10.9 Å². The van der Waals surface area contributed by atoms with E-state index >= 15 is 0 Å². The van der Waals surface area contributed by atoms with Gasteiger partial charge in [-0.05, 0) is 37.1 Å². The Labute approximate surface area is 154 Å². The average molecular weight is 345 g/mol. The Bertz CT molecular complexity index is 850. The van der Waals surface area contributed by atoms with Gasteiger partial charge in [-0.1, -0.05) is 60.7 Å². The van der Waals surface area contributed by atoms with Crippen LogP contribution >= 0.6 is 0 Å². The van der Waals surface area contributed by atoms with Crippen LogP contribution in [0.25, 0.3) is 0 Å². The molecule has 2 unspecified atom stereocenters. The Morgan fingerprint density at radius 3 is 2.04 bits per heavy atom. The molecule has 0 radical (unpaired) electrons. The second-order valence-electron chi connectivity index (χ2n) is 6.31. The summed E-state index contributed by atoms with van der Waals surface area (Å²) in [6, 6.07) is 23.8. The maximum atomic E-state index is 12.5. The van der Waals surface area contributed by atoms with Gasteiger partial charge in [-0.2, -0.15) is 0 Å². The number of carbonyl (C=O) groups excluding carboxylic acids is 1. The zero-order valence-corrected chi connectivity index (χ0v) is 15.0. The molecule has 1 aromatic heterocycles. The Morgan fingerprint density at radius 2 is 1.42 bits per heavy atom. The monoisotopic (exact) mass is 345 g/mol. The number of hydrogen-bond donors (Lipinski definition) is 2. The zero-order chi connectivity index (χ0) is 18.4. The van der Waals surface area contributed by atoms with E-state index in [1.54, 1.807) is 12.3 Å². The number of benzene rings is 2. The number of carbonyl (C=O) groups is 1. The van der Waals surface area contributed by atoms with Gasteiger partial charge >= 0.3 is 0 Å². The van der Waals surface area contributed by atoms with Gasteiger partial charge in [0, 0.05) is 17.9 Å². The smallest absolute Gasteiger partial charge is 0.270 e. The first-order valence-electron chi connectivity index (χ1n) is 8.77. The van der Waals surface area contributed by atoms with Crippen molar-refractivity contribution >= 4 is 11.6 Å². The Hall–Kier alpha value is -3.14. The Morgan fingerprint density at radius 1 is 0.846 bits per heavy atom. The molecule has 26 heavy (non-hydrogen) atoms. The lowest BCUT2D eigenvalue weighted by molar-refractivity contribution is 0.0935. The van der Waals surface area contributed by atoms with Crippen molar-refractivity contribution in [3.05, 3.63) is 95.8 Å². The van der Waals surface area contributed by atoms with Gasteiger partial charge in [-0.15, -0.1) is 0 Å². The van der Waals surface area contributed by atoms with Gasteiger partial charge < -0.3 is 10.6 Å². The molecule has 0 aliphatic heterocycles. The van der Waals surface area contributed by atoms with Crippen molar-refractivity contribution in [2.24, 2.45) is 0 Å². The van der Waals surface area contributed by atoms with Gasteiger partial charge in [0.05, 0.1) is 6.04 Å². The van der Waals surface area contributed by atoms with Crippen molar-refractivity contribution in [3.63, 3.8) is 0 Å². The highest BCUT2D eigenvalue weighted by atomic mass is 16.1. The molecule has 132 valence electrons. The summed E-state index contributed by atoms with van der Waals surface area (Å²) in [7, 11) is 0. The second-order valence-corrected chi connectivity index (χ2v) is 6.31. The maximum absolute atomic E-state index is 12.5.